The Kier molecular flexibility index (Phi) is 4.53. The van der Waals surface area contributed by atoms with Gasteiger partial charge in [0.25, 0.3) is 0 Å². The number of rotatable bonds is 3. The summed E-state index contributed by atoms with van der Waals surface area (Å²) in [6.45, 7) is 0.541. The number of hydrogen-bond acceptors (Lipinski definition) is 6. The van der Waals surface area contributed by atoms with Gasteiger partial charge in [0.1, 0.15) is 5.52 Å². The third-order valence-corrected chi connectivity index (χ3v) is 5.94. The maximum absolute atomic E-state index is 13.3. The van der Waals surface area contributed by atoms with Crippen LogP contribution in [-0.4, -0.2) is 38.6 Å². The van der Waals surface area contributed by atoms with Gasteiger partial charge in [0.05, 0.1) is 11.9 Å². The molecule has 0 spiro atoms. The van der Waals surface area contributed by atoms with E-state index in [-0.39, 0.29) is 12.1 Å². The van der Waals surface area contributed by atoms with Crippen LogP contribution in [0.1, 0.15) is 36.8 Å². The fourth-order valence-corrected chi connectivity index (χ4v) is 4.30. The summed E-state index contributed by atoms with van der Waals surface area (Å²) >= 11 is 0. The van der Waals surface area contributed by atoms with Crippen LogP contribution in [0.2, 0.25) is 0 Å². The molecule has 3 heterocycles. The van der Waals surface area contributed by atoms with Crippen LogP contribution < -0.4 is 16.0 Å². The van der Waals surface area contributed by atoms with E-state index in [1.54, 1.807) is 6.07 Å². The van der Waals surface area contributed by atoms with Crippen molar-refractivity contribution in [2.24, 2.45) is 5.73 Å². The zero-order valence-electron chi connectivity index (χ0n) is 16.2. The number of anilines is 3. The highest BCUT2D eigenvalue weighted by Gasteiger charge is 2.34. The molecule has 158 valence electrons. The number of nitrogens with zero attached hydrogens (tertiary/aromatic N) is 4. The highest BCUT2D eigenvalue weighted by Crippen LogP contribution is 2.40. The molecule has 0 bridgehead atoms. The summed E-state index contributed by atoms with van der Waals surface area (Å²) in [7, 11) is 0. The van der Waals surface area contributed by atoms with Crippen molar-refractivity contribution in [2.75, 3.05) is 16.8 Å². The van der Waals surface area contributed by atoms with Crippen molar-refractivity contribution in [3.8, 4) is 0 Å². The molecule has 1 aromatic carbocycles. The number of nitrogens with one attached hydrogen (secondary N) is 2. The number of nitrogens with two attached hydrogens (primary N) is 1. The van der Waals surface area contributed by atoms with E-state index in [1.165, 1.54) is 12.4 Å². The molecule has 2 aliphatic rings. The first kappa shape index (κ1) is 19.1. The van der Waals surface area contributed by atoms with E-state index in [1.807, 2.05) is 4.90 Å². The van der Waals surface area contributed by atoms with Gasteiger partial charge in [0.2, 0.25) is 5.95 Å². The lowest BCUT2D eigenvalue weighted by molar-refractivity contribution is -0.137. The van der Waals surface area contributed by atoms with Gasteiger partial charge in [-0.3, -0.25) is 0 Å². The summed E-state index contributed by atoms with van der Waals surface area (Å²) in [6, 6.07) is 4.33. The third-order valence-electron chi connectivity index (χ3n) is 5.94. The summed E-state index contributed by atoms with van der Waals surface area (Å²) in [5.41, 5.74) is 7.80. The lowest BCUT2D eigenvalue weighted by Crippen LogP contribution is -2.33. The highest BCUT2D eigenvalue weighted by molar-refractivity contribution is 5.88. The van der Waals surface area contributed by atoms with Gasteiger partial charge >= 0.3 is 6.18 Å². The average molecular weight is 417 g/mol. The number of benzene rings is 1. The number of hydrogen-bond donors (Lipinski definition) is 3. The van der Waals surface area contributed by atoms with E-state index < -0.39 is 11.7 Å². The number of aromatic nitrogens is 4. The van der Waals surface area contributed by atoms with Gasteiger partial charge in [-0.1, -0.05) is 6.07 Å². The quantitative estimate of drug-likeness (QED) is 0.601. The van der Waals surface area contributed by atoms with Crippen LogP contribution in [-0.2, 0) is 12.6 Å². The number of aromatic amines is 1. The Morgan fingerprint density at radius 3 is 2.70 bits per heavy atom. The number of alkyl halides is 3. The van der Waals surface area contributed by atoms with E-state index in [0.29, 0.717) is 41.6 Å². The molecule has 3 aromatic rings. The summed E-state index contributed by atoms with van der Waals surface area (Å²) in [5.74, 6) is 0.969. The maximum atomic E-state index is 13.3. The van der Waals surface area contributed by atoms with E-state index in [2.05, 4.69) is 25.3 Å². The second kappa shape index (κ2) is 7.12. The Hall–Kier alpha value is -2.88. The van der Waals surface area contributed by atoms with Crippen molar-refractivity contribution in [1.29, 1.82) is 0 Å². The lowest BCUT2D eigenvalue weighted by Gasteiger charge is -2.27. The van der Waals surface area contributed by atoms with Gasteiger partial charge in [-0.05, 0) is 49.8 Å². The minimum Gasteiger partial charge on any atom is -0.351 e. The molecule has 1 fully saturated rings. The first-order valence-electron chi connectivity index (χ1n) is 10.1. The molecule has 0 unspecified atom stereocenters. The SMILES string of the molecule is NC1CCC(Nc2nc(N3CCc4ccc(C(F)(F)F)cc43)c3[nH]cnc3n2)CC1. The van der Waals surface area contributed by atoms with E-state index in [9.17, 15) is 13.2 Å². The van der Waals surface area contributed by atoms with Crippen molar-refractivity contribution in [3.05, 3.63) is 35.7 Å². The normalized spacial score (nSPS) is 21.8. The van der Waals surface area contributed by atoms with Crippen LogP contribution in [0.25, 0.3) is 11.2 Å². The topological polar surface area (TPSA) is 95.8 Å². The smallest absolute Gasteiger partial charge is 0.351 e. The van der Waals surface area contributed by atoms with Gasteiger partial charge in [0, 0.05) is 24.3 Å². The van der Waals surface area contributed by atoms with Crippen LogP contribution >= 0.6 is 0 Å². The zero-order valence-corrected chi connectivity index (χ0v) is 16.2. The van der Waals surface area contributed by atoms with Crippen molar-refractivity contribution in [2.45, 2.75) is 50.4 Å². The predicted molar refractivity (Wildman–Crippen MR) is 108 cm³/mol. The zero-order chi connectivity index (χ0) is 20.9. The van der Waals surface area contributed by atoms with Gasteiger partial charge < -0.3 is 20.9 Å². The number of imidazole rings is 1. The van der Waals surface area contributed by atoms with E-state index in [4.69, 9.17) is 5.73 Å². The Balaban J connectivity index is 1.52. The molecular weight excluding hydrogens is 395 g/mol. The molecule has 0 amide bonds. The number of H-pyrrole nitrogens is 1. The Bertz CT molecular complexity index is 1070. The first-order chi connectivity index (χ1) is 14.4. The molecule has 0 radical (unpaired) electrons. The standard InChI is InChI=1S/C20H22F3N7/c21-20(22,23)12-2-1-11-7-8-30(15(11)9-12)18-16-17(26-10-25-16)28-19(29-18)27-14-5-3-13(24)4-6-14/h1-2,9-10,13-14H,3-8,24H2,(H2,25,26,27,28,29). The second-order valence-electron chi connectivity index (χ2n) is 7.97. The second-order valence-corrected chi connectivity index (χ2v) is 7.97. The van der Waals surface area contributed by atoms with Gasteiger partial charge in [-0.25, -0.2) is 4.98 Å². The maximum Gasteiger partial charge on any atom is 0.416 e. The van der Waals surface area contributed by atoms with Gasteiger partial charge in [0.15, 0.2) is 11.5 Å². The Morgan fingerprint density at radius 2 is 1.93 bits per heavy atom. The largest absolute Gasteiger partial charge is 0.416 e. The van der Waals surface area contributed by atoms with Gasteiger partial charge in [-0.2, -0.15) is 23.1 Å². The van der Waals surface area contributed by atoms with Crippen LogP contribution in [0, 0.1) is 0 Å². The molecule has 1 aliphatic carbocycles. The van der Waals surface area contributed by atoms with E-state index in [0.717, 1.165) is 37.3 Å². The van der Waals surface area contributed by atoms with Crippen molar-refractivity contribution < 1.29 is 13.2 Å². The molecule has 30 heavy (non-hydrogen) atoms. The van der Waals surface area contributed by atoms with Crippen LogP contribution in [0.5, 0.6) is 0 Å². The van der Waals surface area contributed by atoms with Crippen LogP contribution in [0.15, 0.2) is 24.5 Å². The van der Waals surface area contributed by atoms with Gasteiger partial charge in [-0.15, -0.1) is 0 Å². The van der Waals surface area contributed by atoms with Crippen molar-refractivity contribution in [3.63, 3.8) is 0 Å². The summed E-state index contributed by atoms with van der Waals surface area (Å²) in [6.07, 6.45) is 1.52. The summed E-state index contributed by atoms with van der Waals surface area (Å²) < 4.78 is 39.8. The number of halogens is 3. The fourth-order valence-electron chi connectivity index (χ4n) is 4.30. The van der Waals surface area contributed by atoms with Crippen molar-refractivity contribution >= 4 is 28.6 Å². The monoisotopic (exact) mass is 417 g/mol. The molecular formula is C20H22F3N7. The first-order valence-corrected chi connectivity index (χ1v) is 10.1. The molecule has 7 nitrogen and oxygen atoms in total. The predicted octanol–water partition coefficient (Wildman–Crippen LogP) is 3.75. The lowest BCUT2D eigenvalue weighted by atomic mass is 9.92. The Labute approximate surface area is 170 Å². The van der Waals surface area contributed by atoms with Crippen LogP contribution in [0.4, 0.5) is 30.6 Å². The number of fused-ring (bicyclic) bond motifs is 2. The average Bonchev–Trinajstić information content (AvgIpc) is 3.35. The van der Waals surface area contributed by atoms with Crippen molar-refractivity contribution in [1.82, 2.24) is 19.9 Å². The molecule has 0 saturated heterocycles. The molecule has 1 aliphatic heterocycles. The summed E-state index contributed by atoms with van der Waals surface area (Å²) in [4.78, 5) is 18.3. The highest BCUT2D eigenvalue weighted by atomic mass is 19.4. The minimum absolute atomic E-state index is 0.219. The fraction of sp³-hybridized carbons (Fsp3) is 0.450. The van der Waals surface area contributed by atoms with E-state index >= 15 is 0 Å². The molecule has 1 saturated carbocycles. The molecule has 2 aromatic heterocycles. The van der Waals surface area contributed by atoms with Crippen LogP contribution in [0.3, 0.4) is 0 Å². The minimum atomic E-state index is -4.40. The molecule has 5 rings (SSSR count). The third kappa shape index (κ3) is 3.45. The Morgan fingerprint density at radius 1 is 1.13 bits per heavy atom. The summed E-state index contributed by atoms with van der Waals surface area (Å²) in [5, 5.41) is 3.37. The molecule has 10 heteroatoms. The molecule has 0 atom stereocenters. The molecule has 4 N–H and O–H groups in total.